The zero-order valence-electron chi connectivity index (χ0n) is 10.5. The van der Waals surface area contributed by atoms with Crippen LogP contribution in [0.4, 0.5) is 0 Å². The van der Waals surface area contributed by atoms with Crippen molar-refractivity contribution in [2.45, 2.75) is 45.5 Å². The van der Waals surface area contributed by atoms with Crippen LogP contribution in [-0.2, 0) is 11.0 Å². The molecular weight excluding hydrogens is 216 g/mol. The molecule has 0 fully saturated rings. The van der Waals surface area contributed by atoms with Crippen molar-refractivity contribution >= 4 is 8.32 Å². The fourth-order valence-corrected chi connectivity index (χ4v) is 4.47. The second-order valence-corrected chi connectivity index (χ2v) is 8.97. The Labute approximate surface area is 99.4 Å². The van der Waals surface area contributed by atoms with Gasteiger partial charge in [0.05, 0.1) is 6.61 Å². The van der Waals surface area contributed by atoms with E-state index in [-0.39, 0.29) is 0 Å². The summed E-state index contributed by atoms with van der Waals surface area (Å²) in [6.45, 7) is 7.38. The Kier molecular flexibility index (Phi) is 5.02. The van der Waals surface area contributed by atoms with Crippen molar-refractivity contribution in [1.29, 1.82) is 0 Å². The summed E-state index contributed by atoms with van der Waals surface area (Å²) >= 11 is 0. The van der Waals surface area contributed by atoms with Crippen LogP contribution in [-0.4, -0.2) is 13.4 Å². The van der Waals surface area contributed by atoms with E-state index in [1.807, 2.05) is 12.1 Å². The number of phenols is 1. The number of hydrogen-bond donors (Lipinski definition) is 1. The SMILES string of the molecule is CC[Si](CC)(CC)OCc1ccc(O)cc1. The van der Waals surface area contributed by atoms with Gasteiger partial charge in [-0.25, -0.2) is 0 Å². The van der Waals surface area contributed by atoms with Crippen LogP contribution >= 0.6 is 0 Å². The molecule has 0 aliphatic heterocycles. The van der Waals surface area contributed by atoms with Crippen molar-refractivity contribution < 1.29 is 9.53 Å². The lowest BCUT2D eigenvalue weighted by atomic mass is 10.2. The second-order valence-electron chi connectivity index (χ2n) is 4.20. The van der Waals surface area contributed by atoms with E-state index in [4.69, 9.17) is 4.43 Å². The molecule has 0 aromatic heterocycles. The highest BCUT2D eigenvalue weighted by molar-refractivity contribution is 6.73. The van der Waals surface area contributed by atoms with Gasteiger partial charge in [-0.05, 0) is 35.8 Å². The topological polar surface area (TPSA) is 29.5 Å². The first-order valence-corrected chi connectivity index (χ1v) is 8.60. The molecule has 0 aliphatic rings. The molecule has 90 valence electrons. The van der Waals surface area contributed by atoms with E-state index < -0.39 is 8.32 Å². The molecule has 0 spiro atoms. The van der Waals surface area contributed by atoms with Crippen molar-refractivity contribution in [3.05, 3.63) is 29.8 Å². The van der Waals surface area contributed by atoms with Crippen molar-refractivity contribution in [3.8, 4) is 5.75 Å². The lowest BCUT2D eigenvalue weighted by Crippen LogP contribution is -2.35. The summed E-state index contributed by atoms with van der Waals surface area (Å²) in [4.78, 5) is 0. The van der Waals surface area contributed by atoms with Crippen molar-refractivity contribution in [2.75, 3.05) is 0 Å². The molecule has 1 rings (SSSR count). The van der Waals surface area contributed by atoms with E-state index in [1.165, 1.54) is 18.1 Å². The van der Waals surface area contributed by atoms with E-state index in [9.17, 15) is 5.11 Å². The first kappa shape index (κ1) is 13.3. The van der Waals surface area contributed by atoms with E-state index in [2.05, 4.69) is 20.8 Å². The summed E-state index contributed by atoms with van der Waals surface area (Å²) in [7, 11) is -1.48. The summed E-state index contributed by atoms with van der Waals surface area (Å²) in [5.41, 5.74) is 1.14. The van der Waals surface area contributed by atoms with Crippen molar-refractivity contribution in [1.82, 2.24) is 0 Å². The second kappa shape index (κ2) is 6.06. The number of phenolic OH excluding ortho intramolecular Hbond substituents is 1. The van der Waals surface area contributed by atoms with Crippen LogP contribution in [0.25, 0.3) is 0 Å². The monoisotopic (exact) mass is 238 g/mol. The smallest absolute Gasteiger partial charge is 0.192 e. The number of benzene rings is 1. The standard InChI is InChI=1S/C13H22O2Si/c1-4-16(5-2,6-3)15-11-12-7-9-13(14)10-8-12/h7-10,14H,4-6,11H2,1-3H3. The van der Waals surface area contributed by atoms with E-state index >= 15 is 0 Å². The molecule has 2 nitrogen and oxygen atoms in total. The molecular formula is C13H22O2Si. The average molecular weight is 238 g/mol. The normalized spacial score (nSPS) is 11.7. The molecule has 3 heteroatoms. The van der Waals surface area contributed by atoms with Gasteiger partial charge in [-0.1, -0.05) is 32.9 Å². The van der Waals surface area contributed by atoms with Gasteiger partial charge in [0.1, 0.15) is 5.75 Å². The zero-order chi connectivity index (χ0) is 12.0. The molecule has 0 saturated carbocycles. The highest BCUT2D eigenvalue weighted by Gasteiger charge is 2.28. The van der Waals surface area contributed by atoms with Gasteiger partial charge in [0, 0.05) is 0 Å². The third-order valence-corrected chi connectivity index (χ3v) is 8.04. The Hall–Kier alpha value is -0.803. The van der Waals surface area contributed by atoms with Crippen LogP contribution in [0, 0.1) is 0 Å². The average Bonchev–Trinajstić information content (AvgIpc) is 2.34. The Morgan fingerprint density at radius 3 is 1.94 bits per heavy atom. The summed E-state index contributed by atoms with van der Waals surface area (Å²) in [6, 6.07) is 10.8. The Morgan fingerprint density at radius 2 is 1.50 bits per heavy atom. The highest BCUT2D eigenvalue weighted by atomic mass is 28.4. The molecule has 0 saturated heterocycles. The van der Waals surface area contributed by atoms with E-state index in [0.29, 0.717) is 12.4 Å². The van der Waals surface area contributed by atoms with Gasteiger partial charge in [0.25, 0.3) is 0 Å². The highest BCUT2D eigenvalue weighted by Crippen LogP contribution is 2.23. The van der Waals surface area contributed by atoms with Gasteiger partial charge in [0.2, 0.25) is 0 Å². The number of rotatable bonds is 6. The molecule has 0 bridgehead atoms. The van der Waals surface area contributed by atoms with Crippen LogP contribution in [0.15, 0.2) is 24.3 Å². The summed E-state index contributed by atoms with van der Waals surface area (Å²) in [6.07, 6.45) is 0. The molecule has 0 radical (unpaired) electrons. The molecule has 0 atom stereocenters. The van der Waals surface area contributed by atoms with Crippen LogP contribution < -0.4 is 0 Å². The molecule has 0 aliphatic carbocycles. The fourth-order valence-electron chi connectivity index (χ4n) is 1.88. The van der Waals surface area contributed by atoms with E-state index in [0.717, 1.165) is 5.56 Å². The maximum Gasteiger partial charge on any atom is 0.192 e. The Bertz CT molecular complexity index is 296. The van der Waals surface area contributed by atoms with Crippen LogP contribution in [0.1, 0.15) is 26.3 Å². The minimum atomic E-state index is -1.48. The molecule has 1 aromatic rings. The molecule has 1 N–H and O–H groups in total. The van der Waals surface area contributed by atoms with Gasteiger partial charge < -0.3 is 9.53 Å². The number of hydrogen-bond acceptors (Lipinski definition) is 2. The lowest BCUT2D eigenvalue weighted by Gasteiger charge is -2.28. The Morgan fingerprint density at radius 1 is 1.00 bits per heavy atom. The fraction of sp³-hybridized carbons (Fsp3) is 0.538. The summed E-state index contributed by atoms with van der Waals surface area (Å²) in [5, 5.41) is 9.19. The lowest BCUT2D eigenvalue weighted by molar-refractivity contribution is 0.287. The summed E-state index contributed by atoms with van der Waals surface area (Å²) < 4.78 is 6.16. The largest absolute Gasteiger partial charge is 0.508 e. The maximum absolute atomic E-state index is 9.19. The van der Waals surface area contributed by atoms with Crippen LogP contribution in [0.2, 0.25) is 18.1 Å². The third kappa shape index (κ3) is 3.35. The molecule has 16 heavy (non-hydrogen) atoms. The molecule has 0 amide bonds. The van der Waals surface area contributed by atoms with E-state index in [1.54, 1.807) is 12.1 Å². The zero-order valence-corrected chi connectivity index (χ0v) is 11.5. The molecule has 0 heterocycles. The first-order valence-electron chi connectivity index (χ1n) is 6.07. The van der Waals surface area contributed by atoms with Crippen molar-refractivity contribution in [3.63, 3.8) is 0 Å². The van der Waals surface area contributed by atoms with Gasteiger partial charge in [-0.15, -0.1) is 0 Å². The van der Waals surface area contributed by atoms with Crippen LogP contribution in [0.5, 0.6) is 5.75 Å². The van der Waals surface area contributed by atoms with Gasteiger partial charge >= 0.3 is 0 Å². The Balaban J connectivity index is 2.58. The van der Waals surface area contributed by atoms with Gasteiger partial charge in [-0.2, -0.15) is 0 Å². The van der Waals surface area contributed by atoms with Gasteiger partial charge in [0.15, 0.2) is 8.32 Å². The maximum atomic E-state index is 9.19. The third-order valence-electron chi connectivity index (χ3n) is 3.41. The van der Waals surface area contributed by atoms with Crippen molar-refractivity contribution in [2.24, 2.45) is 0 Å². The quantitative estimate of drug-likeness (QED) is 0.761. The first-order chi connectivity index (χ1) is 7.65. The number of aromatic hydroxyl groups is 1. The summed E-state index contributed by atoms with van der Waals surface area (Å²) in [5.74, 6) is 0.314. The predicted molar refractivity (Wildman–Crippen MR) is 70.1 cm³/mol. The molecule has 1 aromatic carbocycles. The minimum Gasteiger partial charge on any atom is -0.508 e. The minimum absolute atomic E-state index is 0.314. The molecule has 0 unspecified atom stereocenters. The predicted octanol–water partition coefficient (Wildman–Crippen LogP) is 3.91. The van der Waals surface area contributed by atoms with Gasteiger partial charge in [-0.3, -0.25) is 0 Å². The van der Waals surface area contributed by atoms with Crippen LogP contribution in [0.3, 0.4) is 0 Å².